The van der Waals surface area contributed by atoms with Gasteiger partial charge in [-0.3, -0.25) is 4.79 Å². The lowest BCUT2D eigenvalue weighted by Gasteiger charge is -2.08. The zero-order valence-corrected chi connectivity index (χ0v) is 13.5. The molecule has 0 spiro atoms. The Balaban J connectivity index is 1.68. The van der Waals surface area contributed by atoms with Crippen molar-refractivity contribution in [3.63, 3.8) is 0 Å². The first kappa shape index (κ1) is 16.8. The van der Waals surface area contributed by atoms with Crippen molar-refractivity contribution < 1.29 is 23.1 Å². The minimum absolute atomic E-state index is 0.0989. The lowest BCUT2D eigenvalue weighted by molar-refractivity contribution is 0.0724. The Hall–Kier alpha value is -3.06. The lowest BCUT2D eigenvalue weighted by Crippen LogP contribution is -2.13. The molecular formula is C18H11F2NO3S. The average molecular weight is 359 g/mol. The van der Waals surface area contributed by atoms with Crippen LogP contribution in [0.15, 0.2) is 60.0 Å². The molecule has 7 heteroatoms. The number of halogens is 2. The van der Waals surface area contributed by atoms with Crippen LogP contribution in [-0.4, -0.2) is 11.9 Å². The second-order valence-corrected chi connectivity index (χ2v) is 5.89. The molecule has 1 aromatic heterocycles. The van der Waals surface area contributed by atoms with E-state index in [4.69, 9.17) is 4.74 Å². The third-order valence-electron chi connectivity index (χ3n) is 3.23. The van der Waals surface area contributed by atoms with E-state index in [1.165, 1.54) is 35.6 Å². The van der Waals surface area contributed by atoms with Crippen molar-refractivity contribution in [2.75, 3.05) is 5.32 Å². The van der Waals surface area contributed by atoms with Gasteiger partial charge in [-0.15, -0.1) is 11.3 Å². The first-order valence-electron chi connectivity index (χ1n) is 7.16. The molecule has 0 radical (unpaired) electrons. The van der Waals surface area contributed by atoms with Gasteiger partial charge in [0.25, 0.3) is 5.91 Å². The molecule has 0 aliphatic carbocycles. The SMILES string of the molecule is O=C(Nc1ccc(OC(=O)c2c(F)cccc2F)cc1)c1cccs1. The van der Waals surface area contributed by atoms with E-state index in [2.05, 4.69) is 5.32 Å². The van der Waals surface area contributed by atoms with Gasteiger partial charge >= 0.3 is 5.97 Å². The van der Waals surface area contributed by atoms with Gasteiger partial charge in [0.2, 0.25) is 0 Å². The standard InChI is InChI=1S/C18H11F2NO3S/c19-13-3-1-4-14(20)16(13)18(23)24-12-8-6-11(7-9-12)21-17(22)15-5-2-10-25-15/h1-10H,(H,21,22). The molecule has 1 N–H and O–H groups in total. The van der Waals surface area contributed by atoms with E-state index in [0.29, 0.717) is 10.6 Å². The van der Waals surface area contributed by atoms with E-state index in [-0.39, 0.29) is 11.7 Å². The molecule has 0 bridgehead atoms. The number of esters is 1. The highest BCUT2D eigenvalue weighted by atomic mass is 32.1. The summed E-state index contributed by atoms with van der Waals surface area (Å²) in [4.78, 5) is 24.4. The normalized spacial score (nSPS) is 10.3. The van der Waals surface area contributed by atoms with E-state index in [9.17, 15) is 18.4 Å². The fraction of sp³-hybridized carbons (Fsp3) is 0. The Kier molecular flexibility index (Phi) is 4.85. The molecule has 2 aromatic carbocycles. The summed E-state index contributed by atoms with van der Waals surface area (Å²) < 4.78 is 32.1. The summed E-state index contributed by atoms with van der Waals surface area (Å²) in [6.45, 7) is 0. The fourth-order valence-electron chi connectivity index (χ4n) is 2.06. The highest BCUT2D eigenvalue weighted by molar-refractivity contribution is 7.12. The van der Waals surface area contributed by atoms with Crippen LogP contribution in [0, 0.1) is 11.6 Å². The summed E-state index contributed by atoms with van der Waals surface area (Å²) in [5, 5.41) is 4.48. The largest absolute Gasteiger partial charge is 0.423 e. The molecule has 0 aliphatic heterocycles. The molecule has 1 amide bonds. The number of carbonyl (C=O) groups is 2. The molecule has 0 saturated heterocycles. The topological polar surface area (TPSA) is 55.4 Å². The van der Waals surface area contributed by atoms with Gasteiger partial charge in [0.05, 0.1) is 4.88 Å². The van der Waals surface area contributed by atoms with Crippen LogP contribution in [-0.2, 0) is 0 Å². The first-order chi connectivity index (χ1) is 12.0. The van der Waals surface area contributed by atoms with E-state index >= 15 is 0 Å². The summed E-state index contributed by atoms with van der Waals surface area (Å²) in [5.74, 6) is -3.28. The predicted octanol–water partition coefficient (Wildman–Crippen LogP) is 4.50. The minimum atomic E-state index is -1.13. The molecule has 0 aliphatic rings. The Labute approximate surface area is 145 Å². The van der Waals surface area contributed by atoms with Crippen LogP contribution < -0.4 is 10.1 Å². The van der Waals surface area contributed by atoms with Gasteiger partial charge in [0.15, 0.2) is 0 Å². The van der Waals surface area contributed by atoms with Crippen molar-refractivity contribution in [3.8, 4) is 5.75 Å². The van der Waals surface area contributed by atoms with Gasteiger partial charge in [-0.1, -0.05) is 12.1 Å². The molecule has 4 nitrogen and oxygen atoms in total. The van der Waals surface area contributed by atoms with Crippen molar-refractivity contribution in [1.82, 2.24) is 0 Å². The molecule has 126 valence electrons. The molecule has 0 fully saturated rings. The van der Waals surface area contributed by atoms with E-state index in [1.807, 2.05) is 0 Å². The number of rotatable bonds is 4. The number of benzene rings is 2. The number of ether oxygens (including phenoxy) is 1. The lowest BCUT2D eigenvalue weighted by atomic mass is 10.2. The second-order valence-electron chi connectivity index (χ2n) is 4.94. The zero-order chi connectivity index (χ0) is 17.8. The van der Waals surface area contributed by atoms with Crippen molar-refractivity contribution in [3.05, 3.63) is 82.1 Å². The van der Waals surface area contributed by atoms with Gasteiger partial charge in [0, 0.05) is 5.69 Å². The predicted molar refractivity (Wildman–Crippen MR) is 90.0 cm³/mol. The number of carbonyl (C=O) groups excluding carboxylic acids is 2. The number of anilines is 1. The highest BCUT2D eigenvalue weighted by Crippen LogP contribution is 2.20. The number of thiophene rings is 1. The van der Waals surface area contributed by atoms with E-state index < -0.39 is 23.2 Å². The third kappa shape index (κ3) is 3.89. The summed E-state index contributed by atoms with van der Waals surface area (Å²) in [7, 11) is 0. The molecule has 3 rings (SSSR count). The van der Waals surface area contributed by atoms with Crippen LogP contribution in [0.2, 0.25) is 0 Å². The highest BCUT2D eigenvalue weighted by Gasteiger charge is 2.19. The molecule has 1 heterocycles. The second kappa shape index (κ2) is 7.23. The van der Waals surface area contributed by atoms with Gasteiger partial charge < -0.3 is 10.1 Å². The molecule has 3 aromatic rings. The van der Waals surface area contributed by atoms with Crippen molar-refractivity contribution in [2.24, 2.45) is 0 Å². The maximum atomic E-state index is 13.6. The van der Waals surface area contributed by atoms with Crippen LogP contribution in [0.1, 0.15) is 20.0 Å². The Morgan fingerprint density at radius 2 is 1.60 bits per heavy atom. The van der Waals surface area contributed by atoms with Crippen LogP contribution in [0.4, 0.5) is 14.5 Å². The Morgan fingerprint density at radius 3 is 2.20 bits per heavy atom. The molecule has 0 unspecified atom stereocenters. The average Bonchev–Trinajstić information content (AvgIpc) is 3.11. The Morgan fingerprint density at radius 1 is 0.920 bits per heavy atom. The fourth-order valence-corrected chi connectivity index (χ4v) is 2.68. The smallest absolute Gasteiger partial charge is 0.349 e. The maximum absolute atomic E-state index is 13.6. The minimum Gasteiger partial charge on any atom is -0.423 e. The monoisotopic (exact) mass is 359 g/mol. The van der Waals surface area contributed by atoms with Gasteiger partial charge in [-0.05, 0) is 47.8 Å². The van der Waals surface area contributed by atoms with Gasteiger partial charge in [0.1, 0.15) is 22.9 Å². The Bertz CT molecular complexity index is 888. The number of nitrogens with one attached hydrogen (secondary N) is 1. The van der Waals surface area contributed by atoms with E-state index in [0.717, 1.165) is 18.2 Å². The van der Waals surface area contributed by atoms with E-state index in [1.54, 1.807) is 17.5 Å². The molecule has 0 atom stereocenters. The van der Waals surface area contributed by atoms with Crippen molar-refractivity contribution >= 4 is 28.9 Å². The summed E-state index contributed by atoms with van der Waals surface area (Å²) in [6.07, 6.45) is 0. The summed E-state index contributed by atoms with van der Waals surface area (Å²) in [5.41, 5.74) is -0.257. The number of hydrogen-bond acceptors (Lipinski definition) is 4. The first-order valence-corrected chi connectivity index (χ1v) is 8.03. The van der Waals surface area contributed by atoms with Crippen LogP contribution >= 0.6 is 11.3 Å². The summed E-state index contributed by atoms with van der Waals surface area (Å²) in [6, 6.07) is 12.4. The number of amides is 1. The molecule has 0 saturated carbocycles. The molecular weight excluding hydrogens is 348 g/mol. The maximum Gasteiger partial charge on any atom is 0.349 e. The van der Waals surface area contributed by atoms with Gasteiger partial charge in [-0.2, -0.15) is 0 Å². The quantitative estimate of drug-likeness (QED) is 0.551. The van der Waals surface area contributed by atoms with Crippen LogP contribution in [0.25, 0.3) is 0 Å². The van der Waals surface area contributed by atoms with Crippen LogP contribution in [0.3, 0.4) is 0 Å². The van der Waals surface area contributed by atoms with Crippen LogP contribution in [0.5, 0.6) is 5.75 Å². The van der Waals surface area contributed by atoms with Crippen molar-refractivity contribution in [1.29, 1.82) is 0 Å². The molecule has 25 heavy (non-hydrogen) atoms. The van der Waals surface area contributed by atoms with Crippen molar-refractivity contribution in [2.45, 2.75) is 0 Å². The van der Waals surface area contributed by atoms with Gasteiger partial charge in [-0.25, -0.2) is 13.6 Å². The summed E-state index contributed by atoms with van der Waals surface area (Å²) >= 11 is 1.31. The third-order valence-corrected chi connectivity index (χ3v) is 4.10. The number of hydrogen-bond donors (Lipinski definition) is 1. The zero-order valence-electron chi connectivity index (χ0n) is 12.7.